The number of aromatic nitrogens is 1. The van der Waals surface area contributed by atoms with Gasteiger partial charge in [-0.25, -0.2) is 4.98 Å². The lowest BCUT2D eigenvalue weighted by Gasteiger charge is -2.30. The fraction of sp³-hybridized carbons (Fsp3) is 0.250. The maximum absolute atomic E-state index is 13.1. The minimum Gasteiger partial charge on any atom is -0.335 e. The summed E-state index contributed by atoms with van der Waals surface area (Å²) in [4.78, 5) is 21.8. The number of rotatable bonds is 5. The molecule has 2 aromatic carbocycles. The Morgan fingerprint density at radius 3 is 2.68 bits per heavy atom. The van der Waals surface area contributed by atoms with E-state index in [0.29, 0.717) is 18.7 Å². The molecule has 0 aliphatic carbocycles. The first kappa shape index (κ1) is 18.2. The highest BCUT2D eigenvalue weighted by Gasteiger charge is 2.21. The van der Waals surface area contributed by atoms with Gasteiger partial charge in [0.15, 0.2) is 0 Å². The van der Waals surface area contributed by atoms with E-state index in [1.807, 2.05) is 42.2 Å². The zero-order valence-electron chi connectivity index (χ0n) is 16.2. The summed E-state index contributed by atoms with van der Waals surface area (Å²) in [7, 11) is 0. The molecule has 1 aromatic heterocycles. The van der Waals surface area contributed by atoms with Gasteiger partial charge in [0.05, 0.1) is 0 Å². The highest BCUT2D eigenvalue weighted by atomic mass is 16.2. The average Bonchev–Trinajstić information content (AvgIpc) is 2.77. The van der Waals surface area contributed by atoms with E-state index in [0.717, 1.165) is 30.8 Å². The SMILES string of the molecule is CCN(Cc1ccccc1)C(=O)c1ccnc(N2CCCc3ccccc32)c1. The molecule has 4 nitrogen and oxygen atoms in total. The molecule has 0 spiro atoms. The maximum Gasteiger partial charge on any atom is 0.254 e. The van der Waals surface area contributed by atoms with E-state index in [4.69, 9.17) is 0 Å². The van der Waals surface area contributed by atoms with Crippen molar-refractivity contribution in [1.82, 2.24) is 9.88 Å². The lowest BCUT2D eigenvalue weighted by Crippen LogP contribution is -2.31. The largest absolute Gasteiger partial charge is 0.335 e. The molecular formula is C24H25N3O. The first-order valence-electron chi connectivity index (χ1n) is 9.91. The van der Waals surface area contributed by atoms with Crippen molar-refractivity contribution in [2.45, 2.75) is 26.3 Å². The zero-order chi connectivity index (χ0) is 19.3. The predicted octanol–water partition coefficient (Wildman–Crippen LogP) is 4.83. The number of amides is 1. The number of hydrogen-bond acceptors (Lipinski definition) is 3. The molecule has 2 heterocycles. The maximum atomic E-state index is 13.1. The average molecular weight is 371 g/mol. The monoisotopic (exact) mass is 371 g/mol. The van der Waals surface area contributed by atoms with Crippen LogP contribution in [-0.4, -0.2) is 28.9 Å². The summed E-state index contributed by atoms with van der Waals surface area (Å²) in [5, 5.41) is 0. The number of nitrogens with zero attached hydrogens (tertiary/aromatic N) is 3. The Bertz CT molecular complexity index is 955. The standard InChI is InChI=1S/C24H25N3O/c1-2-26(18-19-9-4-3-5-10-19)24(28)21-14-15-25-23(17-21)27-16-8-12-20-11-6-7-13-22(20)27/h3-7,9-11,13-15,17H,2,8,12,16,18H2,1H3. The molecule has 1 aliphatic rings. The predicted molar refractivity (Wildman–Crippen MR) is 113 cm³/mol. The van der Waals surface area contributed by atoms with E-state index < -0.39 is 0 Å². The van der Waals surface area contributed by atoms with Crippen LogP contribution in [0.4, 0.5) is 11.5 Å². The number of pyridine rings is 1. The van der Waals surface area contributed by atoms with Crippen LogP contribution in [0.1, 0.15) is 34.8 Å². The van der Waals surface area contributed by atoms with Gasteiger partial charge in [0.1, 0.15) is 5.82 Å². The third kappa shape index (κ3) is 3.77. The number of aryl methyl sites for hydroxylation is 1. The second-order valence-corrected chi connectivity index (χ2v) is 7.09. The van der Waals surface area contributed by atoms with E-state index in [1.165, 1.54) is 11.3 Å². The number of carbonyl (C=O) groups is 1. The molecule has 0 bridgehead atoms. The van der Waals surface area contributed by atoms with Gasteiger partial charge >= 0.3 is 0 Å². The van der Waals surface area contributed by atoms with Crippen LogP contribution in [0.2, 0.25) is 0 Å². The summed E-state index contributed by atoms with van der Waals surface area (Å²) < 4.78 is 0. The quantitative estimate of drug-likeness (QED) is 0.645. The Hall–Kier alpha value is -3.14. The molecule has 0 saturated carbocycles. The molecule has 142 valence electrons. The first-order chi connectivity index (χ1) is 13.8. The van der Waals surface area contributed by atoms with Gasteiger partial charge in [-0.15, -0.1) is 0 Å². The third-order valence-electron chi connectivity index (χ3n) is 5.26. The Balaban J connectivity index is 1.59. The number of benzene rings is 2. The third-order valence-corrected chi connectivity index (χ3v) is 5.26. The lowest BCUT2D eigenvalue weighted by atomic mass is 10.0. The van der Waals surface area contributed by atoms with Gasteiger partial charge in [-0.3, -0.25) is 4.79 Å². The van der Waals surface area contributed by atoms with Crippen molar-refractivity contribution in [3.05, 3.63) is 89.6 Å². The fourth-order valence-corrected chi connectivity index (χ4v) is 3.78. The summed E-state index contributed by atoms with van der Waals surface area (Å²) in [6.07, 6.45) is 3.92. The van der Waals surface area contributed by atoms with Crippen LogP contribution in [0.25, 0.3) is 0 Å². The van der Waals surface area contributed by atoms with E-state index in [-0.39, 0.29) is 5.91 Å². The molecule has 0 atom stereocenters. The second-order valence-electron chi connectivity index (χ2n) is 7.09. The number of para-hydroxylation sites is 1. The van der Waals surface area contributed by atoms with Crippen LogP contribution in [0.15, 0.2) is 72.9 Å². The van der Waals surface area contributed by atoms with Gasteiger partial charge in [0, 0.05) is 37.1 Å². The summed E-state index contributed by atoms with van der Waals surface area (Å²) in [5.41, 5.74) is 4.36. The Morgan fingerprint density at radius 1 is 1.07 bits per heavy atom. The van der Waals surface area contributed by atoms with E-state index in [1.54, 1.807) is 6.20 Å². The highest BCUT2D eigenvalue weighted by molar-refractivity contribution is 5.95. The van der Waals surface area contributed by atoms with E-state index in [9.17, 15) is 4.79 Å². The van der Waals surface area contributed by atoms with Crippen LogP contribution in [0.3, 0.4) is 0 Å². The molecule has 4 rings (SSSR count). The summed E-state index contributed by atoms with van der Waals surface area (Å²) in [6, 6.07) is 22.3. The minimum absolute atomic E-state index is 0.0419. The molecule has 4 heteroatoms. The molecule has 0 radical (unpaired) electrons. The zero-order valence-corrected chi connectivity index (χ0v) is 16.2. The van der Waals surface area contributed by atoms with Crippen molar-refractivity contribution in [3.63, 3.8) is 0 Å². The summed E-state index contributed by atoms with van der Waals surface area (Å²) in [6.45, 7) is 4.21. The van der Waals surface area contributed by atoms with Gasteiger partial charge < -0.3 is 9.80 Å². The minimum atomic E-state index is 0.0419. The molecule has 0 N–H and O–H groups in total. The molecule has 1 amide bonds. The van der Waals surface area contributed by atoms with Crippen molar-refractivity contribution in [1.29, 1.82) is 0 Å². The molecule has 28 heavy (non-hydrogen) atoms. The first-order valence-corrected chi connectivity index (χ1v) is 9.91. The van der Waals surface area contributed by atoms with Crippen molar-refractivity contribution >= 4 is 17.4 Å². The molecular weight excluding hydrogens is 346 g/mol. The topological polar surface area (TPSA) is 36.4 Å². The van der Waals surface area contributed by atoms with Crippen LogP contribution >= 0.6 is 0 Å². The Labute approximate surface area is 166 Å². The Morgan fingerprint density at radius 2 is 1.86 bits per heavy atom. The number of anilines is 2. The molecule has 0 fully saturated rings. The number of fused-ring (bicyclic) bond motifs is 1. The molecule has 0 saturated heterocycles. The smallest absolute Gasteiger partial charge is 0.254 e. The highest BCUT2D eigenvalue weighted by Crippen LogP contribution is 2.32. The van der Waals surface area contributed by atoms with E-state index in [2.05, 4.69) is 46.3 Å². The van der Waals surface area contributed by atoms with Gasteiger partial charge in [-0.05, 0) is 49.1 Å². The van der Waals surface area contributed by atoms with Crippen molar-refractivity contribution in [2.75, 3.05) is 18.0 Å². The van der Waals surface area contributed by atoms with Crippen LogP contribution < -0.4 is 4.90 Å². The van der Waals surface area contributed by atoms with Crippen LogP contribution in [0, 0.1) is 0 Å². The van der Waals surface area contributed by atoms with Crippen molar-refractivity contribution in [2.24, 2.45) is 0 Å². The van der Waals surface area contributed by atoms with Gasteiger partial charge in [0.25, 0.3) is 5.91 Å². The lowest BCUT2D eigenvalue weighted by molar-refractivity contribution is 0.0752. The Kier molecular flexibility index (Phi) is 5.38. The van der Waals surface area contributed by atoms with Gasteiger partial charge in [-0.2, -0.15) is 0 Å². The van der Waals surface area contributed by atoms with E-state index >= 15 is 0 Å². The normalized spacial score (nSPS) is 13.1. The van der Waals surface area contributed by atoms with Crippen molar-refractivity contribution in [3.8, 4) is 0 Å². The van der Waals surface area contributed by atoms with Gasteiger partial charge in [-0.1, -0.05) is 48.5 Å². The molecule has 1 aliphatic heterocycles. The van der Waals surface area contributed by atoms with Crippen LogP contribution in [-0.2, 0) is 13.0 Å². The summed E-state index contributed by atoms with van der Waals surface area (Å²) in [5.74, 6) is 0.883. The number of hydrogen-bond donors (Lipinski definition) is 0. The number of carbonyl (C=O) groups excluding carboxylic acids is 1. The fourth-order valence-electron chi connectivity index (χ4n) is 3.78. The van der Waals surface area contributed by atoms with Crippen LogP contribution in [0.5, 0.6) is 0 Å². The van der Waals surface area contributed by atoms with Crippen molar-refractivity contribution < 1.29 is 4.79 Å². The molecule has 0 unspecified atom stereocenters. The second kappa shape index (κ2) is 8.26. The molecule has 3 aromatic rings. The summed E-state index contributed by atoms with van der Waals surface area (Å²) >= 11 is 0. The van der Waals surface area contributed by atoms with Gasteiger partial charge in [0.2, 0.25) is 0 Å².